The van der Waals surface area contributed by atoms with Crippen molar-refractivity contribution < 1.29 is 14.5 Å². The number of benzene rings is 1. The van der Waals surface area contributed by atoms with Crippen LogP contribution in [0.15, 0.2) is 24.3 Å². The zero-order valence-electron chi connectivity index (χ0n) is 12.6. The van der Waals surface area contributed by atoms with Crippen molar-refractivity contribution in [1.29, 1.82) is 0 Å². The van der Waals surface area contributed by atoms with Gasteiger partial charge in [-0.2, -0.15) is 0 Å². The Kier molecular flexibility index (Phi) is 6.18. The van der Waals surface area contributed by atoms with Crippen molar-refractivity contribution >= 4 is 11.8 Å². The van der Waals surface area contributed by atoms with E-state index in [-0.39, 0.29) is 17.9 Å². The molecule has 1 unspecified atom stereocenters. The number of carbonyl (C=O) groups is 2. The van der Waals surface area contributed by atoms with E-state index >= 15 is 0 Å². The number of carbonyl (C=O) groups excluding carboxylic acids is 2. The molecule has 0 aliphatic rings. The summed E-state index contributed by atoms with van der Waals surface area (Å²) in [5, 5.41) is 5.42. The Bertz CT molecular complexity index is 457. The molecule has 1 aromatic rings. The monoisotopic (exact) mass is 278 g/mol. The maximum atomic E-state index is 11.8. The molecule has 0 aliphatic heterocycles. The van der Waals surface area contributed by atoms with E-state index in [9.17, 15) is 9.59 Å². The first-order valence-corrected chi connectivity index (χ1v) is 6.90. The molecule has 1 rings (SSSR count). The van der Waals surface area contributed by atoms with Crippen LogP contribution in [-0.2, 0) is 11.3 Å². The summed E-state index contributed by atoms with van der Waals surface area (Å²) in [6, 6.07) is 7.36. The van der Waals surface area contributed by atoms with Crippen molar-refractivity contribution in [1.82, 2.24) is 10.6 Å². The van der Waals surface area contributed by atoms with Crippen LogP contribution in [0.5, 0.6) is 0 Å². The van der Waals surface area contributed by atoms with Crippen molar-refractivity contribution in [3.05, 3.63) is 35.4 Å². The first kappa shape index (κ1) is 16.2. The fraction of sp³-hybridized carbons (Fsp3) is 0.467. The molecular weight excluding hydrogens is 254 g/mol. The summed E-state index contributed by atoms with van der Waals surface area (Å²) < 4.78 is 0. The smallest absolute Gasteiger partial charge is 0.278 e. The molecule has 2 amide bonds. The van der Waals surface area contributed by atoms with Gasteiger partial charge in [0.1, 0.15) is 6.54 Å². The van der Waals surface area contributed by atoms with E-state index in [1.54, 1.807) is 19.2 Å². The van der Waals surface area contributed by atoms with Gasteiger partial charge in [0.2, 0.25) is 0 Å². The van der Waals surface area contributed by atoms with E-state index in [4.69, 9.17) is 0 Å². The van der Waals surface area contributed by atoms with Gasteiger partial charge in [0.25, 0.3) is 11.8 Å². The lowest BCUT2D eigenvalue weighted by atomic mass is 10.1. The highest BCUT2D eigenvalue weighted by Gasteiger charge is 2.21. The summed E-state index contributed by atoms with van der Waals surface area (Å²) >= 11 is 0. The molecule has 3 N–H and O–H groups in total. The van der Waals surface area contributed by atoms with Gasteiger partial charge in [-0.15, -0.1) is 0 Å². The summed E-state index contributed by atoms with van der Waals surface area (Å²) in [6.45, 7) is 5.22. The van der Waals surface area contributed by atoms with Gasteiger partial charge in [-0.1, -0.05) is 12.1 Å². The van der Waals surface area contributed by atoms with Gasteiger partial charge >= 0.3 is 0 Å². The Labute approximate surface area is 120 Å². The molecule has 1 aromatic carbocycles. The second-order valence-corrected chi connectivity index (χ2v) is 4.92. The number of hydrogen-bond donors (Lipinski definition) is 3. The second kappa shape index (κ2) is 7.65. The predicted molar refractivity (Wildman–Crippen MR) is 78.6 cm³/mol. The lowest BCUT2D eigenvalue weighted by molar-refractivity contribution is -0.908. The van der Waals surface area contributed by atoms with Crippen LogP contribution in [0.1, 0.15) is 29.8 Å². The summed E-state index contributed by atoms with van der Waals surface area (Å²) in [4.78, 5) is 24.3. The zero-order chi connectivity index (χ0) is 15.1. The van der Waals surface area contributed by atoms with E-state index in [0.29, 0.717) is 12.1 Å². The molecule has 0 aromatic heterocycles. The Morgan fingerprint density at radius 2 is 1.85 bits per heavy atom. The van der Waals surface area contributed by atoms with Gasteiger partial charge < -0.3 is 15.5 Å². The maximum absolute atomic E-state index is 11.8. The molecule has 0 bridgehead atoms. The molecule has 0 fully saturated rings. The van der Waals surface area contributed by atoms with Crippen LogP contribution < -0.4 is 15.5 Å². The predicted octanol–water partition coefficient (Wildman–Crippen LogP) is -0.414. The van der Waals surface area contributed by atoms with Gasteiger partial charge in [0, 0.05) is 24.7 Å². The van der Waals surface area contributed by atoms with Crippen LogP contribution >= 0.6 is 0 Å². The van der Waals surface area contributed by atoms with Crippen LogP contribution in [0.2, 0.25) is 0 Å². The fourth-order valence-electron chi connectivity index (χ4n) is 1.94. The second-order valence-electron chi connectivity index (χ2n) is 4.92. The Morgan fingerprint density at radius 1 is 1.25 bits per heavy atom. The first-order chi connectivity index (χ1) is 9.49. The van der Waals surface area contributed by atoms with E-state index in [2.05, 4.69) is 10.6 Å². The minimum atomic E-state index is -0.103. The molecule has 0 heterocycles. The molecule has 0 aliphatic carbocycles. The minimum absolute atomic E-state index is 0.0620. The van der Waals surface area contributed by atoms with Crippen LogP contribution in [0.25, 0.3) is 0 Å². The van der Waals surface area contributed by atoms with Gasteiger partial charge in [0.05, 0.1) is 7.05 Å². The average Bonchev–Trinajstić information content (AvgIpc) is 2.46. The zero-order valence-corrected chi connectivity index (χ0v) is 12.6. The van der Waals surface area contributed by atoms with Crippen LogP contribution in [-0.4, -0.2) is 38.5 Å². The number of hydrogen-bond acceptors (Lipinski definition) is 2. The van der Waals surface area contributed by atoms with Crippen LogP contribution in [0, 0.1) is 0 Å². The molecule has 0 saturated heterocycles. The number of quaternary nitrogens is 1. The molecule has 5 nitrogen and oxygen atoms in total. The number of rotatable bonds is 6. The van der Waals surface area contributed by atoms with Gasteiger partial charge in [-0.25, -0.2) is 0 Å². The topological polar surface area (TPSA) is 62.6 Å². The number of nitrogens with one attached hydrogen (secondary N) is 3. The first-order valence-electron chi connectivity index (χ1n) is 6.90. The van der Waals surface area contributed by atoms with E-state index in [1.807, 2.05) is 33.0 Å². The SMILES string of the molecule is CCNC(=O)[C@@H](C)[NH+](C)Cc1ccc(C(=O)NC)cc1. The molecule has 2 atom stereocenters. The van der Waals surface area contributed by atoms with Crippen molar-refractivity contribution in [2.24, 2.45) is 0 Å². The molecular formula is C15H24N3O2+. The van der Waals surface area contributed by atoms with Crippen molar-refractivity contribution in [2.75, 3.05) is 20.6 Å². The summed E-state index contributed by atoms with van der Waals surface area (Å²) in [6.07, 6.45) is 0. The third-order valence-electron chi connectivity index (χ3n) is 3.41. The Morgan fingerprint density at radius 3 is 2.35 bits per heavy atom. The molecule has 0 saturated carbocycles. The lowest BCUT2D eigenvalue weighted by Crippen LogP contribution is -3.12. The Hall–Kier alpha value is -1.88. The average molecular weight is 278 g/mol. The molecule has 0 radical (unpaired) electrons. The van der Waals surface area contributed by atoms with Gasteiger partial charge in [-0.05, 0) is 26.0 Å². The minimum Gasteiger partial charge on any atom is -0.355 e. The highest BCUT2D eigenvalue weighted by molar-refractivity contribution is 5.93. The molecule has 20 heavy (non-hydrogen) atoms. The molecule has 0 spiro atoms. The summed E-state index contributed by atoms with van der Waals surface area (Å²) in [7, 11) is 3.61. The standard InChI is InChI=1S/C15H23N3O2/c1-5-17-14(19)11(2)18(4)10-12-6-8-13(9-7-12)15(20)16-3/h6-9,11H,5,10H2,1-4H3,(H,16,20)(H,17,19)/p+1/t11-/m1/s1. The number of amides is 2. The van der Waals surface area contributed by atoms with E-state index in [0.717, 1.165) is 17.0 Å². The van der Waals surface area contributed by atoms with Crippen LogP contribution in [0.4, 0.5) is 0 Å². The van der Waals surface area contributed by atoms with Crippen molar-refractivity contribution in [3.63, 3.8) is 0 Å². The Balaban J connectivity index is 2.64. The fourth-order valence-corrected chi connectivity index (χ4v) is 1.94. The van der Waals surface area contributed by atoms with Gasteiger partial charge in [-0.3, -0.25) is 9.59 Å². The maximum Gasteiger partial charge on any atom is 0.278 e. The van der Waals surface area contributed by atoms with Crippen molar-refractivity contribution in [2.45, 2.75) is 26.4 Å². The molecule has 5 heteroatoms. The van der Waals surface area contributed by atoms with E-state index in [1.165, 1.54) is 0 Å². The van der Waals surface area contributed by atoms with E-state index < -0.39 is 0 Å². The quantitative estimate of drug-likeness (QED) is 0.662. The van der Waals surface area contributed by atoms with Crippen molar-refractivity contribution in [3.8, 4) is 0 Å². The summed E-state index contributed by atoms with van der Waals surface area (Å²) in [5.41, 5.74) is 1.75. The molecule has 110 valence electrons. The summed E-state index contributed by atoms with van der Waals surface area (Å²) in [5.74, 6) is -0.0278. The highest BCUT2D eigenvalue weighted by Crippen LogP contribution is 2.03. The largest absolute Gasteiger partial charge is 0.355 e. The third-order valence-corrected chi connectivity index (χ3v) is 3.41. The van der Waals surface area contributed by atoms with Crippen LogP contribution in [0.3, 0.4) is 0 Å². The highest BCUT2D eigenvalue weighted by atomic mass is 16.2. The van der Waals surface area contributed by atoms with Gasteiger partial charge in [0.15, 0.2) is 6.04 Å². The third kappa shape index (κ3) is 4.35. The normalized spacial score (nSPS) is 13.4. The lowest BCUT2D eigenvalue weighted by Gasteiger charge is -2.20. The number of likely N-dealkylation sites (N-methyl/N-ethyl adjacent to an activating group) is 2.